The number of hydrogen-bond donors (Lipinski definition) is 1. The van der Waals surface area contributed by atoms with Crippen molar-refractivity contribution in [2.75, 3.05) is 20.8 Å². The zero-order valence-corrected chi connectivity index (χ0v) is 29.7. The number of fused-ring (bicyclic) bond motifs is 3. The fourth-order valence-electron chi connectivity index (χ4n) is 8.45. The number of aryl methyl sites for hydroxylation is 2. The van der Waals surface area contributed by atoms with Crippen molar-refractivity contribution in [3.05, 3.63) is 103 Å². The number of hydrogen-bond acceptors (Lipinski definition) is 7. The van der Waals surface area contributed by atoms with Gasteiger partial charge in [0.15, 0.2) is 0 Å². The molecule has 3 aromatic carbocycles. The molecule has 0 bridgehead atoms. The van der Waals surface area contributed by atoms with E-state index in [1.54, 1.807) is 45.0 Å². The van der Waals surface area contributed by atoms with Gasteiger partial charge in [0.25, 0.3) is 5.56 Å². The Morgan fingerprint density at radius 3 is 2.33 bits per heavy atom. The highest BCUT2D eigenvalue weighted by Crippen LogP contribution is 2.40. The summed E-state index contributed by atoms with van der Waals surface area (Å²) in [4.78, 5) is 53.0. The van der Waals surface area contributed by atoms with E-state index in [1.807, 2.05) is 30.5 Å². The summed E-state index contributed by atoms with van der Waals surface area (Å²) in [5, 5.41) is 2.34. The van der Waals surface area contributed by atoms with E-state index in [0.717, 1.165) is 52.6 Å². The molecule has 1 fully saturated rings. The average molecular weight is 706 g/mol. The maximum Gasteiger partial charge on any atom is 0.329 e. The molecular formula is C40H40FN5O6. The van der Waals surface area contributed by atoms with Crippen molar-refractivity contribution in [3.63, 3.8) is 0 Å². The lowest BCUT2D eigenvalue weighted by molar-refractivity contribution is -0.135. The molecule has 12 heteroatoms. The first-order chi connectivity index (χ1) is 25.1. The molecule has 0 saturated carbocycles. The molecule has 11 nitrogen and oxygen atoms in total. The predicted octanol–water partition coefficient (Wildman–Crippen LogP) is 4.55. The van der Waals surface area contributed by atoms with Crippen LogP contribution in [0.15, 0.2) is 58.3 Å². The van der Waals surface area contributed by atoms with E-state index >= 15 is 4.39 Å². The minimum Gasteiger partial charge on any atom is -0.496 e. The number of imide groups is 1. The van der Waals surface area contributed by atoms with Gasteiger partial charge >= 0.3 is 5.69 Å². The predicted molar refractivity (Wildman–Crippen MR) is 194 cm³/mol. The van der Waals surface area contributed by atoms with E-state index in [2.05, 4.69) is 10.2 Å². The lowest BCUT2D eigenvalue weighted by atomic mass is 9.92. The summed E-state index contributed by atoms with van der Waals surface area (Å²) in [6, 6.07) is 12.2. The molecule has 8 rings (SSSR count). The largest absolute Gasteiger partial charge is 0.496 e. The molecule has 1 saturated heterocycles. The maximum absolute atomic E-state index is 16.1. The summed E-state index contributed by atoms with van der Waals surface area (Å²) < 4.78 is 32.5. The normalized spacial score (nSPS) is 17.3. The van der Waals surface area contributed by atoms with Crippen molar-refractivity contribution in [2.24, 2.45) is 14.1 Å². The van der Waals surface area contributed by atoms with E-state index in [9.17, 15) is 19.2 Å². The Labute approximate surface area is 299 Å². The molecular weight excluding hydrogens is 665 g/mol. The second kappa shape index (κ2) is 12.9. The van der Waals surface area contributed by atoms with Gasteiger partial charge in [0.2, 0.25) is 11.8 Å². The summed E-state index contributed by atoms with van der Waals surface area (Å²) in [7, 11) is 6.70. The zero-order valence-electron chi connectivity index (χ0n) is 29.7. The number of aromatic nitrogens is 3. The highest BCUT2D eigenvalue weighted by atomic mass is 19.1. The zero-order chi connectivity index (χ0) is 36.4. The van der Waals surface area contributed by atoms with Crippen LogP contribution < -0.4 is 26.0 Å². The average Bonchev–Trinajstić information content (AvgIpc) is 3.73. The molecule has 1 N–H and O–H groups in total. The van der Waals surface area contributed by atoms with Crippen LogP contribution in [0, 0.1) is 5.82 Å². The SMILES string of the molecule is COc1cc(-c2cn(C)c(=O)c3c2CCC3)cc(OC)c1CN1CCc2cc(-c3cccc4c3n(C)c(=O)n4C3CCC(=O)NC3=O)cc(F)c2C1. The third kappa shape index (κ3) is 5.44. The molecule has 268 valence electrons. The van der Waals surface area contributed by atoms with Crippen LogP contribution in [-0.2, 0) is 56.0 Å². The number of nitrogens with zero attached hydrogens (tertiary/aromatic N) is 4. The smallest absolute Gasteiger partial charge is 0.329 e. The monoisotopic (exact) mass is 705 g/mol. The number of pyridine rings is 1. The van der Waals surface area contributed by atoms with Gasteiger partial charge in [-0.25, -0.2) is 9.18 Å². The van der Waals surface area contributed by atoms with Gasteiger partial charge in [-0.05, 0) is 78.6 Å². The van der Waals surface area contributed by atoms with Crippen molar-refractivity contribution < 1.29 is 23.5 Å². The third-order valence-corrected chi connectivity index (χ3v) is 11.0. The molecule has 5 aromatic rings. The summed E-state index contributed by atoms with van der Waals surface area (Å²) in [5.41, 5.74) is 8.45. The summed E-state index contributed by atoms with van der Waals surface area (Å²) in [6.45, 7) is 1.54. The molecule has 1 aliphatic carbocycles. The number of halogens is 1. The van der Waals surface area contributed by atoms with E-state index in [4.69, 9.17) is 9.47 Å². The first-order valence-corrected chi connectivity index (χ1v) is 17.6. The molecule has 0 spiro atoms. The number of amides is 2. The Hall–Kier alpha value is -5.49. The van der Waals surface area contributed by atoms with Gasteiger partial charge in [-0.15, -0.1) is 0 Å². The second-order valence-corrected chi connectivity index (χ2v) is 14.0. The number of rotatable bonds is 7. The number of methoxy groups -OCH3 is 2. The minimum atomic E-state index is -0.807. The first kappa shape index (κ1) is 33.6. The molecule has 2 amide bonds. The Bertz CT molecular complexity index is 2420. The van der Waals surface area contributed by atoms with Gasteiger partial charge in [0.1, 0.15) is 23.4 Å². The van der Waals surface area contributed by atoms with E-state index < -0.39 is 11.9 Å². The number of carbonyl (C=O) groups excluding carboxylic acids is 2. The summed E-state index contributed by atoms with van der Waals surface area (Å²) >= 11 is 0. The number of para-hydroxylation sites is 1. The molecule has 3 aliphatic rings. The Morgan fingerprint density at radius 2 is 1.60 bits per heavy atom. The number of nitrogens with one attached hydrogen (secondary N) is 1. The second-order valence-electron chi connectivity index (χ2n) is 14.0. The fraction of sp³-hybridized carbons (Fsp3) is 0.350. The molecule has 0 radical (unpaired) electrons. The molecule has 52 heavy (non-hydrogen) atoms. The highest BCUT2D eigenvalue weighted by molar-refractivity contribution is 6.01. The Kier molecular flexibility index (Phi) is 8.36. The van der Waals surface area contributed by atoms with Gasteiger partial charge in [-0.3, -0.25) is 33.7 Å². The number of benzene rings is 3. The molecule has 2 aromatic heterocycles. The van der Waals surface area contributed by atoms with Crippen LogP contribution in [-0.4, -0.2) is 51.2 Å². The van der Waals surface area contributed by atoms with E-state index in [0.29, 0.717) is 65.3 Å². The van der Waals surface area contributed by atoms with Crippen LogP contribution in [0.5, 0.6) is 11.5 Å². The standard InChI is InChI=1S/C40H40FN5O6/c1-43-19-28(26-8-5-9-27(26)39(43)49)24-17-34(51-3)30(35(18-24)52-4)21-45-14-13-22-15-23(16-31(41)29(22)20-45)25-7-6-10-32-37(25)44(2)40(50)46(32)33-11-12-36(47)42-38(33)48/h6-7,10,15-19,33H,5,8-9,11-14,20-21H2,1-4H3,(H,42,47,48). The molecule has 1 atom stereocenters. The van der Waals surface area contributed by atoms with Crippen LogP contribution in [0.2, 0.25) is 0 Å². The van der Waals surface area contributed by atoms with Gasteiger partial charge < -0.3 is 14.0 Å². The van der Waals surface area contributed by atoms with Crippen molar-refractivity contribution in [1.29, 1.82) is 0 Å². The van der Waals surface area contributed by atoms with Crippen LogP contribution in [0.1, 0.15) is 53.1 Å². The van der Waals surface area contributed by atoms with Crippen LogP contribution in [0.25, 0.3) is 33.3 Å². The Morgan fingerprint density at radius 1 is 0.865 bits per heavy atom. The van der Waals surface area contributed by atoms with E-state index in [1.165, 1.54) is 15.2 Å². The lowest BCUT2D eigenvalue weighted by Gasteiger charge is -2.30. The lowest BCUT2D eigenvalue weighted by Crippen LogP contribution is -2.44. The fourth-order valence-corrected chi connectivity index (χ4v) is 8.45. The minimum absolute atomic E-state index is 0.0584. The first-order valence-electron chi connectivity index (χ1n) is 17.6. The van der Waals surface area contributed by atoms with Crippen molar-refractivity contribution in [2.45, 2.75) is 57.7 Å². The number of ether oxygens (including phenoxy) is 2. The topological polar surface area (TPSA) is 117 Å². The van der Waals surface area contributed by atoms with Gasteiger partial charge in [0.05, 0.1) is 30.8 Å². The van der Waals surface area contributed by atoms with Crippen molar-refractivity contribution in [1.82, 2.24) is 23.9 Å². The quantitative estimate of drug-likeness (QED) is 0.247. The molecule has 2 aliphatic heterocycles. The number of piperidine rings is 1. The molecule has 4 heterocycles. The summed E-state index contributed by atoms with van der Waals surface area (Å²) in [6.07, 6.45) is 5.48. The van der Waals surface area contributed by atoms with Crippen molar-refractivity contribution in [3.8, 4) is 33.8 Å². The number of carbonyl (C=O) groups is 2. The highest BCUT2D eigenvalue weighted by Gasteiger charge is 2.32. The van der Waals surface area contributed by atoms with Gasteiger partial charge in [-0.2, -0.15) is 0 Å². The third-order valence-electron chi connectivity index (χ3n) is 11.0. The van der Waals surface area contributed by atoms with Gasteiger partial charge in [0, 0.05) is 68.6 Å². The van der Waals surface area contributed by atoms with E-state index in [-0.39, 0.29) is 35.8 Å². The van der Waals surface area contributed by atoms with Crippen LogP contribution in [0.4, 0.5) is 4.39 Å². The molecule has 1 unspecified atom stereocenters. The van der Waals surface area contributed by atoms with Gasteiger partial charge in [-0.1, -0.05) is 18.2 Å². The van der Waals surface area contributed by atoms with Crippen LogP contribution >= 0.6 is 0 Å². The van der Waals surface area contributed by atoms with Crippen LogP contribution in [0.3, 0.4) is 0 Å². The van der Waals surface area contributed by atoms with Crippen molar-refractivity contribution >= 4 is 22.8 Å². The Balaban J connectivity index is 1.10. The maximum atomic E-state index is 16.1. The number of imidazole rings is 1. The summed E-state index contributed by atoms with van der Waals surface area (Å²) in [5.74, 6) is 0.148.